The highest BCUT2D eigenvalue weighted by Crippen LogP contribution is 2.18. The first kappa shape index (κ1) is 10.4. The number of imidazole rings is 1. The van der Waals surface area contributed by atoms with Crippen LogP contribution in [-0.4, -0.2) is 9.97 Å². The van der Waals surface area contributed by atoms with Gasteiger partial charge in [0, 0.05) is 29.4 Å². The minimum atomic E-state index is 0.397. The number of H-pyrrole nitrogens is 1. The molecule has 0 aliphatic heterocycles. The van der Waals surface area contributed by atoms with Crippen LogP contribution in [0, 0.1) is 6.92 Å². The second-order valence-corrected chi connectivity index (χ2v) is 4.59. The molecular formula is C11H15N3S. The van der Waals surface area contributed by atoms with Gasteiger partial charge < -0.3 is 10.3 Å². The van der Waals surface area contributed by atoms with E-state index in [1.54, 1.807) is 11.3 Å². The summed E-state index contributed by atoms with van der Waals surface area (Å²) in [5.74, 6) is 0.968. The molecule has 2 aromatic heterocycles. The van der Waals surface area contributed by atoms with Gasteiger partial charge in [0.25, 0.3) is 0 Å². The first-order valence-corrected chi connectivity index (χ1v) is 5.91. The van der Waals surface area contributed by atoms with Gasteiger partial charge in [-0.15, -0.1) is 11.3 Å². The van der Waals surface area contributed by atoms with Gasteiger partial charge in [0.15, 0.2) is 0 Å². The van der Waals surface area contributed by atoms with Gasteiger partial charge in [0.05, 0.1) is 0 Å². The Morgan fingerprint density at radius 3 is 3.07 bits per heavy atom. The Morgan fingerprint density at radius 1 is 1.60 bits per heavy atom. The number of thiophene rings is 1. The summed E-state index contributed by atoms with van der Waals surface area (Å²) >= 11 is 1.78. The minimum absolute atomic E-state index is 0.397. The normalized spacial score (nSPS) is 12.9. The third-order valence-corrected chi connectivity index (χ3v) is 3.38. The highest BCUT2D eigenvalue weighted by Gasteiger charge is 2.05. The molecule has 2 aromatic rings. The van der Waals surface area contributed by atoms with Crippen LogP contribution in [0.3, 0.4) is 0 Å². The first-order valence-electron chi connectivity index (χ1n) is 5.03. The molecule has 0 aromatic carbocycles. The second-order valence-electron chi connectivity index (χ2n) is 3.61. The molecule has 0 spiro atoms. The molecule has 0 radical (unpaired) electrons. The monoisotopic (exact) mass is 221 g/mol. The van der Waals surface area contributed by atoms with Crippen LogP contribution in [-0.2, 0) is 6.54 Å². The molecule has 2 N–H and O–H groups in total. The molecule has 1 atom stereocenters. The van der Waals surface area contributed by atoms with Crippen LogP contribution in [0.4, 0.5) is 0 Å². The summed E-state index contributed by atoms with van der Waals surface area (Å²) in [4.78, 5) is 8.74. The average molecular weight is 221 g/mol. The Balaban J connectivity index is 1.88. The van der Waals surface area contributed by atoms with E-state index < -0.39 is 0 Å². The maximum Gasteiger partial charge on any atom is 0.103 e. The molecule has 4 heteroatoms. The SMILES string of the molecule is Cc1ncc(CNC(C)c2cccs2)[nH]1. The van der Waals surface area contributed by atoms with Gasteiger partial charge >= 0.3 is 0 Å². The number of nitrogens with zero attached hydrogens (tertiary/aromatic N) is 1. The molecule has 0 bridgehead atoms. The Labute approximate surface area is 93.6 Å². The molecule has 15 heavy (non-hydrogen) atoms. The van der Waals surface area contributed by atoms with Crippen LogP contribution in [0.15, 0.2) is 23.7 Å². The molecule has 2 rings (SSSR count). The maximum absolute atomic E-state index is 4.16. The van der Waals surface area contributed by atoms with Crippen molar-refractivity contribution in [1.82, 2.24) is 15.3 Å². The summed E-state index contributed by atoms with van der Waals surface area (Å²) in [6, 6.07) is 4.63. The Kier molecular flexibility index (Phi) is 3.18. The lowest BCUT2D eigenvalue weighted by molar-refractivity contribution is 0.576. The zero-order chi connectivity index (χ0) is 10.7. The number of aromatic amines is 1. The van der Waals surface area contributed by atoms with E-state index in [0.717, 1.165) is 18.1 Å². The number of hydrogen-bond acceptors (Lipinski definition) is 3. The van der Waals surface area contributed by atoms with Crippen molar-refractivity contribution in [1.29, 1.82) is 0 Å². The zero-order valence-corrected chi connectivity index (χ0v) is 9.77. The maximum atomic E-state index is 4.16. The molecule has 0 aliphatic rings. The lowest BCUT2D eigenvalue weighted by atomic mass is 10.2. The van der Waals surface area contributed by atoms with Crippen molar-refractivity contribution in [2.45, 2.75) is 26.4 Å². The fourth-order valence-electron chi connectivity index (χ4n) is 1.46. The van der Waals surface area contributed by atoms with Gasteiger partial charge in [-0.05, 0) is 25.3 Å². The number of rotatable bonds is 4. The lowest BCUT2D eigenvalue weighted by Gasteiger charge is -2.10. The molecule has 0 aliphatic carbocycles. The van der Waals surface area contributed by atoms with Gasteiger partial charge in [0.2, 0.25) is 0 Å². The van der Waals surface area contributed by atoms with Crippen molar-refractivity contribution in [3.8, 4) is 0 Å². The number of hydrogen-bond donors (Lipinski definition) is 2. The third kappa shape index (κ3) is 2.67. The van der Waals surface area contributed by atoms with Gasteiger partial charge in [-0.1, -0.05) is 6.07 Å². The molecule has 0 saturated carbocycles. The van der Waals surface area contributed by atoms with Crippen molar-refractivity contribution < 1.29 is 0 Å². The third-order valence-electron chi connectivity index (χ3n) is 2.32. The van der Waals surface area contributed by atoms with Crippen LogP contribution in [0.1, 0.15) is 29.4 Å². The number of aromatic nitrogens is 2. The lowest BCUT2D eigenvalue weighted by Crippen LogP contribution is -2.17. The molecular weight excluding hydrogens is 206 g/mol. The zero-order valence-electron chi connectivity index (χ0n) is 8.95. The topological polar surface area (TPSA) is 40.7 Å². The van der Waals surface area contributed by atoms with E-state index in [1.165, 1.54) is 4.88 Å². The highest BCUT2D eigenvalue weighted by atomic mass is 32.1. The number of aryl methyl sites for hydroxylation is 1. The quantitative estimate of drug-likeness (QED) is 0.833. The van der Waals surface area contributed by atoms with Crippen molar-refractivity contribution >= 4 is 11.3 Å². The summed E-state index contributed by atoms with van der Waals surface area (Å²) in [6.07, 6.45) is 1.88. The van der Waals surface area contributed by atoms with Gasteiger partial charge in [-0.25, -0.2) is 4.98 Å². The van der Waals surface area contributed by atoms with Crippen molar-refractivity contribution in [3.63, 3.8) is 0 Å². The van der Waals surface area contributed by atoms with E-state index in [-0.39, 0.29) is 0 Å². The summed E-state index contributed by atoms with van der Waals surface area (Å²) in [7, 11) is 0. The minimum Gasteiger partial charge on any atom is -0.345 e. The van der Waals surface area contributed by atoms with E-state index in [1.807, 2.05) is 13.1 Å². The molecule has 80 valence electrons. The van der Waals surface area contributed by atoms with Gasteiger partial charge in [-0.2, -0.15) is 0 Å². The Hall–Kier alpha value is -1.13. The van der Waals surface area contributed by atoms with Crippen LogP contribution >= 0.6 is 11.3 Å². The summed E-state index contributed by atoms with van der Waals surface area (Å²) < 4.78 is 0. The fraction of sp³-hybridized carbons (Fsp3) is 0.364. The van der Waals surface area contributed by atoms with Crippen LogP contribution in [0.2, 0.25) is 0 Å². The summed E-state index contributed by atoms with van der Waals surface area (Å²) in [6.45, 7) is 4.97. The summed E-state index contributed by atoms with van der Waals surface area (Å²) in [5, 5.41) is 5.56. The van der Waals surface area contributed by atoms with Crippen molar-refractivity contribution in [2.24, 2.45) is 0 Å². The predicted molar refractivity (Wildman–Crippen MR) is 62.9 cm³/mol. The van der Waals surface area contributed by atoms with Crippen LogP contribution < -0.4 is 5.32 Å². The van der Waals surface area contributed by atoms with Crippen LogP contribution in [0.5, 0.6) is 0 Å². The predicted octanol–water partition coefficient (Wildman–Crippen LogP) is 2.63. The van der Waals surface area contributed by atoms with Crippen molar-refractivity contribution in [3.05, 3.63) is 40.1 Å². The van der Waals surface area contributed by atoms with E-state index >= 15 is 0 Å². The van der Waals surface area contributed by atoms with Crippen molar-refractivity contribution in [2.75, 3.05) is 0 Å². The van der Waals surface area contributed by atoms with Gasteiger partial charge in [-0.3, -0.25) is 0 Å². The first-order chi connectivity index (χ1) is 7.25. The second kappa shape index (κ2) is 4.59. The highest BCUT2D eigenvalue weighted by molar-refractivity contribution is 7.10. The van der Waals surface area contributed by atoms with E-state index in [0.29, 0.717) is 6.04 Å². The van der Waals surface area contributed by atoms with Gasteiger partial charge in [0.1, 0.15) is 5.82 Å². The average Bonchev–Trinajstić information content (AvgIpc) is 2.84. The van der Waals surface area contributed by atoms with E-state index in [4.69, 9.17) is 0 Å². The van der Waals surface area contributed by atoms with Crippen LogP contribution in [0.25, 0.3) is 0 Å². The standard InChI is InChI=1S/C11H15N3S/c1-8(11-4-3-5-15-11)12-6-10-7-13-9(2)14-10/h3-5,7-8,12H,6H2,1-2H3,(H,13,14). The number of nitrogens with one attached hydrogen (secondary N) is 2. The van der Waals surface area contributed by atoms with E-state index in [9.17, 15) is 0 Å². The fourth-order valence-corrected chi connectivity index (χ4v) is 2.22. The van der Waals surface area contributed by atoms with E-state index in [2.05, 4.69) is 39.7 Å². The molecule has 0 amide bonds. The molecule has 3 nitrogen and oxygen atoms in total. The Morgan fingerprint density at radius 2 is 2.47 bits per heavy atom. The molecule has 0 fully saturated rings. The molecule has 1 unspecified atom stereocenters. The smallest absolute Gasteiger partial charge is 0.103 e. The molecule has 0 saturated heterocycles. The Bertz CT molecular complexity index is 405. The largest absolute Gasteiger partial charge is 0.345 e. The molecule has 2 heterocycles. The summed E-state index contributed by atoms with van der Waals surface area (Å²) in [5.41, 5.74) is 1.14.